The van der Waals surface area contributed by atoms with Gasteiger partial charge in [0, 0.05) is 17.0 Å². The first kappa shape index (κ1) is 13.0. The van der Waals surface area contributed by atoms with Gasteiger partial charge in [0.1, 0.15) is 11.4 Å². The van der Waals surface area contributed by atoms with Crippen molar-refractivity contribution in [3.05, 3.63) is 42.2 Å². The van der Waals surface area contributed by atoms with Crippen LogP contribution in [-0.2, 0) is 4.79 Å². The summed E-state index contributed by atoms with van der Waals surface area (Å²) in [5, 5.41) is 6.95. The fourth-order valence-electron chi connectivity index (χ4n) is 1.67. The molecule has 0 radical (unpaired) electrons. The minimum absolute atomic E-state index is 0.0901. The number of carbonyl (C=O) groups is 1. The van der Waals surface area contributed by atoms with Crippen LogP contribution in [0.4, 0.5) is 5.13 Å². The van der Waals surface area contributed by atoms with Gasteiger partial charge >= 0.3 is 0 Å². The zero-order chi connectivity index (χ0) is 13.8. The van der Waals surface area contributed by atoms with E-state index in [1.54, 1.807) is 6.20 Å². The van der Waals surface area contributed by atoms with Crippen molar-refractivity contribution in [3.8, 4) is 0 Å². The third-order valence-electron chi connectivity index (χ3n) is 2.52. The second-order valence-electron chi connectivity index (χ2n) is 3.87. The average Bonchev–Trinajstić information content (AvgIpc) is 2.98. The molecule has 0 bridgehead atoms. The fourth-order valence-corrected chi connectivity index (χ4v) is 3.00. The third kappa shape index (κ3) is 2.94. The molecule has 1 aromatic carbocycles. The predicted molar refractivity (Wildman–Crippen MR) is 81.0 cm³/mol. The lowest BCUT2D eigenvalue weighted by Crippen LogP contribution is -2.13. The molecule has 3 rings (SSSR count). The van der Waals surface area contributed by atoms with Gasteiger partial charge in [-0.05, 0) is 6.07 Å². The quantitative estimate of drug-likeness (QED) is 0.593. The Hall–Kier alpha value is -1.99. The van der Waals surface area contributed by atoms with E-state index >= 15 is 0 Å². The number of para-hydroxylation sites is 1. The first-order valence-corrected chi connectivity index (χ1v) is 7.71. The Balaban J connectivity index is 1.69. The van der Waals surface area contributed by atoms with Gasteiger partial charge in [-0.25, -0.2) is 15.0 Å². The number of hydrogen-bond donors (Lipinski definition) is 1. The average molecular weight is 302 g/mol. The number of thioether (sulfide) groups is 1. The Labute approximate surface area is 123 Å². The number of carbonyl (C=O) groups excluding carboxylic acids is 1. The molecule has 0 saturated heterocycles. The summed E-state index contributed by atoms with van der Waals surface area (Å²) in [6, 6.07) is 7.75. The van der Waals surface area contributed by atoms with Crippen molar-refractivity contribution in [1.29, 1.82) is 0 Å². The van der Waals surface area contributed by atoms with E-state index in [-0.39, 0.29) is 5.91 Å². The highest BCUT2D eigenvalue weighted by atomic mass is 32.2. The minimum Gasteiger partial charge on any atom is -0.301 e. The number of nitrogens with one attached hydrogen (secondary N) is 1. The summed E-state index contributed by atoms with van der Waals surface area (Å²) in [5.74, 6) is 0.202. The van der Waals surface area contributed by atoms with E-state index in [0.29, 0.717) is 10.9 Å². The van der Waals surface area contributed by atoms with Crippen LogP contribution in [-0.4, -0.2) is 26.6 Å². The van der Waals surface area contributed by atoms with Gasteiger partial charge in [-0.15, -0.1) is 11.3 Å². The molecule has 7 heteroatoms. The number of rotatable bonds is 4. The molecule has 0 spiro atoms. The summed E-state index contributed by atoms with van der Waals surface area (Å²) in [6.45, 7) is 0. The molecule has 0 aliphatic carbocycles. The van der Waals surface area contributed by atoms with Crippen LogP contribution in [0, 0.1) is 0 Å². The maximum atomic E-state index is 11.8. The summed E-state index contributed by atoms with van der Waals surface area (Å²) in [6.07, 6.45) is 3.18. The second-order valence-corrected chi connectivity index (χ2v) is 5.73. The highest BCUT2D eigenvalue weighted by Crippen LogP contribution is 2.24. The van der Waals surface area contributed by atoms with Gasteiger partial charge in [-0.2, -0.15) is 0 Å². The number of benzene rings is 1. The topological polar surface area (TPSA) is 67.8 Å². The smallest absolute Gasteiger partial charge is 0.236 e. The molecule has 0 aliphatic rings. The molecule has 1 amide bonds. The molecule has 2 aromatic heterocycles. The maximum Gasteiger partial charge on any atom is 0.236 e. The Morgan fingerprint density at radius 3 is 3.00 bits per heavy atom. The molecule has 20 heavy (non-hydrogen) atoms. The van der Waals surface area contributed by atoms with Gasteiger partial charge in [-0.1, -0.05) is 30.0 Å². The molecule has 0 aliphatic heterocycles. The lowest BCUT2D eigenvalue weighted by molar-refractivity contribution is -0.113. The first-order chi connectivity index (χ1) is 9.83. The molecular formula is C13H10N4OS2. The molecule has 2 heterocycles. The van der Waals surface area contributed by atoms with Crippen LogP contribution >= 0.6 is 23.1 Å². The molecule has 0 saturated carbocycles. The lowest BCUT2D eigenvalue weighted by Gasteiger charge is -2.04. The van der Waals surface area contributed by atoms with E-state index in [1.807, 2.05) is 29.6 Å². The Morgan fingerprint density at radius 1 is 1.25 bits per heavy atom. The van der Waals surface area contributed by atoms with E-state index in [4.69, 9.17) is 0 Å². The maximum absolute atomic E-state index is 11.8. The standard InChI is InChI=1S/C13H10N4OS2/c18-11(17-13-14-5-6-19-13)7-20-12-9-3-1-2-4-10(9)15-8-16-12/h1-6,8H,7H2,(H,14,17,18). The van der Waals surface area contributed by atoms with Crippen molar-refractivity contribution in [2.24, 2.45) is 0 Å². The first-order valence-electron chi connectivity index (χ1n) is 5.85. The third-order valence-corrected chi connectivity index (χ3v) is 4.22. The van der Waals surface area contributed by atoms with Gasteiger partial charge in [-0.3, -0.25) is 4.79 Å². The zero-order valence-corrected chi connectivity index (χ0v) is 11.9. The molecule has 0 fully saturated rings. The number of nitrogens with zero attached hydrogens (tertiary/aromatic N) is 3. The number of hydrogen-bond acceptors (Lipinski definition) is 6. The molecule has 0 atom stereocenters. The monoisotopic (exact) mass is 302 g/mol. The summed E-state index contributed by atoms with van der Waals surface area (Å²) in [7, 11) is 0. The molecule has 1 N–H and O–H groups in total. The number of fused-ring (bicyclic) bond motifs is 1. The van der Waals surface area contributed by atoms with Crippen molar-refractivity contribution in [3.63, 3.8) is 0 Å². The number of amides is 1. The van der Waals surface area contributed by atoms with Crippen molar-refractivity contribution in [1.82, 2.24) is 15.0 Å². The van der Waals surface area contributed by atoms with E-state index in [1.165, 1.54) is 29.4 Å². The molecule has 0 unspecified atom stereocenters. The van der Waals surface area contributed by atoms with Gasteiger partial charge in [0.05, 0.1) is 11.3 Å². The largest absolute Gasteiger partial charge is 0.301 e. The van der Waals surface area contributed by atoms with Gasteiger partial charge in [0.15, 0.2) is 5.13 Å². The number of thiazole rings is 1. The van der Waals surface area contributed by atoms with E-state index < -0.39 is 0 Å². The highest BCUT2D eigenvalue weighted by molar-refractivity contribution is 8.00. The second kappa shape index (κ2) is 5.98. The number of aromatic nitrogens is 3. The van der Waals surface area contributed by atoms with Crippen molar-refractivity contribution in [2.75, 3.05) is 11.1 Å². The van der Waals surface area contributed by atoms with Gasteiger partial charge < -0.3 is 5.32 Å². The number of anilines is 1. The van der Waals surface area contributed by atoms with Gasteiger partial charge in [0.25, 0.3) is 0 Å². The van der Waals surface area contributed by atoms with Crippen molar-refractivity contribution >= 4 is 45.0 Å². The van der Waals surface area contributed by atoms with Crippen LogP contribution in [0.3, 0.4) is 0 Å². The Kier molecular flexibility index (Phi) is 3.89. The fraction of sp³-hybridized carbons (Fsp3) is 0.0769. The van der Waals surface area contributed by atoms with Crippen molar-refractivity contribution in [2.45, 2.75) is 5.03 Å². The highest BCUT2D eigenvalue weighted by Gasteiger charge is 2.08. The van der Waals surface area contributed by atoms with Crippen LogP contribution < -0.4 is 5.32 Å². The molecule has 5 nitrogen and oxygen atoms in total. The summed E-state index contributed by atoms with van der Waals surface area (Å²) >= 11 is 2.79. The van der Waals surface area contributed by atoms with Crippen LogP contribution in [0.25, 0.3) is 10.9 Å². The van der Waals surface area contributed by atoms with E-state index in [9.17, 15) is 4.79 Å². The Bertz CT molecular complexity index is 725. The van der Waals surface area contributed by atoms with Crippen molar-refractivity contribution < 1.29 is 4.79 Å². The van der Waals surface area contributed by atoms with Crippen LogP contribution in [0.5, 0.6) is 0 Å². The zero-order valence-electron chi connectivity index (χ0n) is 10.3. The van der Waals surface area contributed by atoms with Crippen LogP contribution in [0.15, 0.2) is 47.2 Å². The Morgan fingerprint density at radius 2 is 2.15 bits per heavy atom. The lowest BCUT2D eigenvalue weighted by atomic mass is 10.2. The normalized spacial score (nSPS) is 10.6. The van der Waals surface area contributed by atoms with E-state index in [0.717, 1.165) is 15.9 Å². The summed E-state index contributed by atoms with van der Waals surface area (Å²) in [5.41, 5.74) is 0.880. The van der Waals surface area contributed by atoms with E-state index in [2.05, 4.69) is 20.3 Å². The molecule has 3 aromatic rings. The molecular weight excluding hydrogens is 292 g/mol. The summed E-state index contributed by atoms with van der Waals surface area (Å²) in [4.78, 5) is 24.3. The predicted octanol–water partition coefficient (Wildman–Crippen LogP) is 2.82. The molecule has 100 valence electrons. The summed E-state index contributed by atoms with van der Waals surface area (Å²) < 4.78 is 0. The van der Waals surface area contributed by atoms with Crippen LogP contribution in [0.1, 0.15) is 0 Å². The minimum atomic E-state index is -0.0901. The van der Waals surface area contributed by atoms with Crippen LogP contribution in [0.2, 0.25) is 0 Å². The SMILES string of the molecule is O=C(CSc1ncnc2ccccc12)Nc1nccs1. The van der Waals surface area contributed by atoms with Gasteiger partial charge in [0.2, 0.25) is 5.91 Å².